The molecule has 0 unspecified atom stereocenters. The van der Waals surface area contributed by atoms with Gasteiger partial charge in [0.2, 0.25) is 0 Å². The number of benzene rings is 1. The highest BCUT2D eigenvalue weighted by Crippen LogP contribution is 2.34. The Morgan fingerprint density at radius 1 is 1.25 bits per heavy atom. The lowest BCUT2D eigenvalue weighted by Crippen LogP contribution is -1.99. The smallest absolute Gasteiger partial charge is 0.306 e. The molecule has 1 rings (SSSR count). The minimum Gasteiger partial charge on any atom is -0.493 e. The van der Waals surface area contributed by atoms with Crippen LogP contribution < -0.4 is 9.47 Å². The van der Waals surface area contributed by atoms with Gasteiger partial charge in [0.1, 0.15) is 5.75 Å². The van der Waals surface area contributed by atoms with E-state index in [1.165, 1.54) is 26.4 Å². The molecule has 0 spiro atoms. The van der Waals surface area contributed by atoms with Crippen LogP contribution in [-0.2, 0) is 16.0 Å². The first-order valence-corrected chi connectivity index (χ1v) is 6.54. The number of rotatable bonds is 4. The zero-order valence-electron chi connectivity index (χ0n) is 8.66. The van der Waals surface area contributed by atoms with Crippen molar-refractivity contribution in [1.29, 1.82) is 0 Å². The molecule has 0 fully saturated rings. The van der Waals surface area contributed by atoms with Crippen molar-refractivity contribution in [2.75, 3.05) is 14.2 Å². The summed E-state index contributed by atoms with van der Waals surface area (Å²) >= 11 is 3.14. The van der Waals surface area contributed by atoms with Gasteiger partial charge in [-0.15, -0.1) is 3.89 Å². The number of hydrogen-bond donors (Lipinski definition) is 0. The number of halogens is 2. The molecule has 0 aliphatic carbocycles. The Morgan fingerprint density at radius 3 is 2.19 bits per heavy atom. The highest BCUT2D eigenvalue weighted by Gasteiger charge is 2.15. The molecule has 0 atom stereocenters. The van der Waals surface area contributed by atoms with Crippen molar-refractivity contribution in [3.05, 3.63) is 22.2 Å². The second kappa shape index (κ2) is 5.01. The van der Waals surface area contributed by atoms with E-state index >= 15 is 0 Å². The molecule has 0 aromatic heterocycles. The summed E-state index contributed by atoms with van der Waals surface area (Å²) in [6.45, 7) is 0. The quantitative estimate of drug-likeness (QED) is 0.800. The lowest BCUT2D eigenvalue weighted by molar-refractivity contribution is 0.354. The Kier molecular flexibility index (Phi) is 4.15. The van der Waals surface area contributed by atoms with E-state index in [9.17, 15) is 12.3 Å². The van der Waals surface area contributed by atoms with Gasteiger partial charge in [0.05, 0.1) is 14.2 Å². The summed E-state index contributed by atoms with van der Waals surface area (Å²) < 4.78 is 44.1. The van der Waals surface area contributed by atoms with Crippen molar-refractivity contribution in [3.8, 4) is 11.5 Å². The molecule has 4 nitrogen and oxygen atoms in total. The van der Waals surface area contributed by atoms with Crippen LogP contribution in [0.5, 0.6) is 11.5 Å². The van der Waals surface area contributed by atoms with E-state index in [0.29, 0.717) is 16.0 Å². The van der Waals surface area contributed by atoms with Crippen molar-refractivity contribution in [2.24, 2.45) is 0 Å². The zero-order valence-corrected chi connectivity index (χ0v) is 11.1. The van der Waals surface area contributed by atoms with Gasteiger partial charge in [0.15, 0.2) is 11.5 Å². The monoisotopic (exact) mass is 312 g/mol. The van der Waals surface area contributed by atoms with Crippen LogP contribution in [-0.4, -0.2) is 22.6 Å². The summed E-state index contributed by atoms with van der Waals surface area (Å²) in [6.07, 6.45) is 0. The minimum atomic E-state index is -4.57. The fourth-order valence-electron chi connectivity index (χ4n) is 1.19. The lowest BCUT2D eigenvalue weighted by atomic mass is 10.2. The second-order valence-electron chi connectivity index (χ2n) is 2.98. The van der Waals surface area contributed by atoms with Gasteiger partial charge in [0, 0.05) is 4.47 Å². The first-order chi connectivity index (χ1) is 7.37. The van der Waals surface area contributed by atoms with E-state index in [2.05, 4.69) is 15.9 Å². The third-order valence-corrected chi connectivity index (χ3v) is 3.27. The molecule has 0 aliphatic heterocycles. The lowest BCUT2D eigenvalue weighted by Gasteiger charge is -2.10. The van der Waals surface area contributed by atoms with Crippen LogP contribution in [0.1, 0.15) is 5.56 Å². The molecular weight excluding hydrogens is 303 g/mol. The molecule has 16 heavy (non-hydrogen) atoms. The van der Waals surface area contributed by atoms with Crippen LogP contribution in [0.15, 0.2) is 16.6 Å². The van der Waals surface area contributed by atoms with Crippen LogP contribution in [0.25, 0.3) is 0 Å². The SMILES string of the molecule is COc1cc(Br)c(CS(=O)(=O)F)cc1OC. The molecular formula is C9H10BrFO4S. The molecule has 0 saturated carbocycles. The number of methoxy groups -OCH3 is 2. The fraction of sp³-hybridized carbons (Fsp3) is 0.333. The molecule has 90 valence electrons. The third kappa shape index (κ3) is 3.34. The molecule has 0 heterocycles. The van der Waals surface area contributed by atoms with Gasteiger partial charge >= 0.3 is 10.2 Å². The fourth-order valence-corrected chi connectivity index (χ4v) is 2.45. The maximum absolute atomic E-state index is 12.6. The molecule has 0 saturated heterocycles. The van der Waals surface area contributed by atoms with Crippen molar-refractivity contribution in [3.63, 3.8) is 0 Å². The standard InChI is InChI=1S/C9H10BrFO4S/c1-14-8-3-6(5-16(11,12)13)7(10)4-9(8)15-2/h3-4H,5H2,1-2H3. The summed E-state index contributed by atoms with van der Waals surface area (Å²) in [4.78, 5) is 0. The Balaban J connectivity index is 3.21. The van der Waals surface area contributed by atoms with Gasteiger partial charge in [0.25, 0.3) is 0 Å². The van der Waals surface area contributed by atoms with Crippen molar-refractivity contribution in [1.82, 2.24) is 0 Å². The maximum Gasteiger partial charge on any atom is 0.306 e. The van der Waals surface area contributed by atoms with E-state index in [1.54, 1.807) is 0 Å². The van der Waals surface area contributed by atoms with Gasteiger partial charge in [-0.3, -0.25) is 0 Å². The van der Waals surface area contributed by atoms with E-state index < -0.39 is 16.0 Å². The first kappa shape index (κ1) is 13.2. The highest BCUT2D eigenvalue weighted by molar-refractivity contribution is 9.10. The van der Waals surface area contributed by atoms with Gasteiger partial charge in [-0.25, -0.2) is 0 Å². The van der Waals surface area contributed by atoms with Gasteiger partial charge in [-0.2, -0.15) is 8.42 Å². The summed E-state index contributed by atoms with van der Waals surface area (Å²) in [6, 6.07) is 2.94. The summed E-state index contributed by atoms with van der Waals surface area (Å²) in [5.74, 6) is 0.0900. The third-order valence-electron chi connectivity index (χ3n) is 1.88. The normalized spacial score (nSPS) is 11.2. The number of ether oxygens (including phenoxy) is 2. The van der Waals surface area contributed by atoms with E-state index in [1.807, 2.05) is 0 Å². The number of hydrogen-bond acceptors (Lipinski definition) is 4. The highest BCUT2D eigenvalue weighted by atomic mass is 79.9. The largest absolute Gasteiger partial charge is 0.493 e. The second-order valence-corrected chi connectivity index (χ2v) is 5.20. The van der Waals surface area contributed by atoms with Crippen molar-refractivity contribution >= 4 is 26.2 Å². The average Bonchev–Trinajstić information content (AvgIpc) is 2.18. The van der Waals surface area contributed by atoms with Crippen LogP contribution in [0.3, 0.4) is 0 Å². The van der Waals surface area contributed by atoms with Crippen LogP contribution >= 0.6 is 15.9 Å². The van der Waals surface area contributed by atoms with Gasteiger partial charge in [-0.05, 0) is 17.7 Å². The van der Waals surface area contributed by atoms with Crippen molar-refractivity contribution < 1.29 is 21.8 Å². The van der Waals surface area contributed by atoms with E-state index in [4.69, 9.17) is 9.47 Å². The molecule has 0 aliphatic rings. The molecule has 0 bridgehead atoms. The van der Waals surface area contributed by atoms with E-state index in [0.717, 1.165) is 0 Å². The Morgan fingerprint density at radius 2 is 1.75 bits per heavy atom. The zero-order chi connectivity index (χ0) is 12.3. The molecule has 1 aromatic rings. The predicted molar refractivity (Wildman–Crippen MR) is 61.0 cm³/mol. The Bertz CT molecular complexity index is 487. The van der Waals surface area contributed by atoms with Gasteiger partial charge < -0.3 is 9.47 Å². The summed E-state index contributed by atoms with van der Waals surface area (Å²) in [5, 5.41) is 0. The predicted octanol–water partition coefficient (Wildman–Crippen LogP) is 2.27. The first-order valence-electron chi connectivity index (χ1n) is 4.20. The molecule has 0 amide bonds. The van der Waals surface area contributed by atoms with E-state index in [-0.39, 0.29) is 5.56 Å². The Hall–Kier alpha value is -0.820. The van der Waals surface area contributed by atoms with Crippen LogP contribution in [0, 0.1) is 0 Å². The minimum absolute atomic E-state index is 0.278. The summed E-state index contributed by atoms with van der Waals surface area (Å²) in [5.41, 5.74) is 0.278. The maximum atomic E-state index is 12.6. The summed E-state index contributed by atoms with van der Waals surface area (Å²) in [7, 11) is -1.70. The van der Waals surface area contributed by atoms with Crippen molar-refractivity contribution in [2.45, 2.75) is 5.75 Å². The van der Waals surface area contributed by atoms with Crippen LogP contribution in [0.4, 0.5) is 3.89 Å². The molecule has 7 heteroatoms. The molecule has 1 aromatic carbocycles. The average molecular weight is 313 g/mol. The van der Waals surface area contributed by atoms with Gasteiger partial charge in [-0.1, -0.05) is 15.9 Å². The van der Waals surface area contributed by atoms with Crippen LogP contribution in [0.2, 0.25) is 0 Å². The molecule has 0 N–H and O–H groups in total. The Labute approximate surface area is 102 Å². The molecule has 0 radical (unpaired) electrons. The topological polar surface area (TPSA) is 52.6 Å².